The number of carbonyl (C=O) groups is 1. The van der Waals surface area contributed by atoms with Crippen molar-refractivity contribution in [1.29, 1.82) is 5.26 Å². The molecule has 130 valence electrons. The summed E-state index contributed by atoms with van der Waals surface area (Å²) in [7, 11) is 0. The standard InChI is InChI=1S/C15H17F3N4OS/c1-10(12(23)22-14(9-19)6-3-2-4-7-14)24-13-20-8-5-11(21-13)15(16,17)18/h5,8,10H,2-4,6-7H2,1H3,(H,22,23). The van der Waals surface area contributed by atoms with Crippen molar-refractivity contribution < 1.29 is 18.0 Å². The Morgan fingerprint density at radius 2 is 2.08 bits per heavy atom. The van der Waals surface area contributed by atoms with Crippen LogP contribution in [0.2, 0.25) is 0 Å². The fourth-order valence-electron chi connectivity index (χ4n) is 2.52. The van der Waals surface area contributed by atoms with Gasteiger partial charge in [-0.15, -0.1) is 0 Å². The predicted octanol–water partition coefficient (Wildman–Crippen LogP) is 3.32. The predicted molar refractivity (Wildman–Crippen MR) is 81.9 cm³/mol. The first-order chi connectivity index (χ1) is 11.3. The molecule has 0 saturated heterocycles. The van der Waals surface area contributed by atoms with E-state index in [1.165, 1.54) is 0 Å². The summed E-state index contributed by atoms with van der Waals surface area (Å²) in [4.78, 5) is 19.5. The molecule has 0 aliphatic heterocycles. The minimum atomic E-state index is -4.56. The second kappa shape index (κ2) is 7.38. The molecule has 0 aromatic carbocycles. The smallest absolute Gasteiger partial charge is 0.337 e. The van der Waals surface area contributed by atoms with Gasteiger partial charge in [-0.1, -0.05) is 31.0 Å². The van der Waals surface area contributed by atoms with Crippen LogP contribution >= 0.6 is 11.8 Å². The summed E-state index contributed by atoms with van der Waals surface area (Å²) >= 11 is 0.836. The number of nitrogens with one attached hydrogen (secondary N) is 1. The van der Waals surface area contributed by atoms with Crippen LogP contribution in [0.5, 0.6) is 0 Å². The number of hydrogen-bond donors (Lipinski definition) is 1. The van der Waals surface area contributed by atoms with E-state index in [-0.39, 0.29) is 5.16 Å². The SMILES string of the molecule is CC(Sc1nccc(C(F)(F)F)n1)C(=O)NC1(C#N)CCCCC1. The summed E-state index contributed by atoms with van der Waals surface area (Å²) in [5.41, 5.74) is -1.92. The summed E-state index contributed by atoms with van der Waals surface area (Å²) in [6.07, 6.45) is 0.399. The summed E-state index contributed by atoms with van der Waals surface area (Å²) in [6, 6.07) is 2.95. The fraction of sp³-hybridized carbons (Fsp3) is 0.600. The highest BCUT2D eigenvalue weighted by atomic mass is 32.2. The lowest BCUT2D eigenvalue weighted by Gasteiger charge is -2.32. The highest BCUT2D eigenvalue weighted by molar-refractivity contribution is 8.00. The number of nitriles is 1. The molecule has 1 saturated carbocycles. The average Bonchev–Trinajstić information content (AvgIpc) is 2.55. The molecule has 1 unspecified atom stereocenters. The van der Waals surface area contributed by atoms with Crippen molar-refractivity contribution in [2.45, 2.75) is 61.1 Å². The first-order valence-corrected chi connectivity index (χ1v) is 8.44. The summed E-state index contributed by atoms with van der Waals surface area (Å²) < 4.78 is 38.0. The molecule has 0 bridgehead atoms. The largest absolute Gasteiger partial charge is 0.433 e. The zero-order chi connectivity index (χ0) is 17.8. The van der Waals surface area contributed by atoms with E-state index in [4.69, 9.17) is 0 Å². The van der Waals surface area contributed by atoms with Gasteiger partial charge in [-0.3, -0.25) is 4.79 Å². The normalized spacial score (nSPS) is 18.5. The molecule has 1 amide bonds. The van der Waals surface area contributed by atoms with Gasteiger partial charge in [0.05, 0.1) is 11.3 Å². The Labute approximate surface area is 142 Å². The number of nitrogens with zero attached hydrogens (tertiary/aromatic N) is 3. The van der Waals surface area contributed by atoms with Gasteiger partial charge in [0.1, 0.15) is 11.2 Å². The van der Waals surface area contributed by atoms with Gasteiger partial charge in [0, 0.05) is 6.20 Å². The van der Waals surface area contributed by atoms with E-state index >= 15 is 0 Å². The Morgan fingerprint density at radius 3 is 2.67 bits per heavy atom. The molecule has 9 heteroatoms. The van der Waals surface area contributed by atoms with Crippen LogP contribution in [0, 0.1) is 11.3 Å². The Hall–Kier alpha value is -1.82. The van der Waals surface area contributed by atoms with Crippen molar-refractivity contribution in [3.8, 4) is 6.07 Å². The van der Waals surface area contributed by atoms with Crippen LogP contribution < -0.4 is 5.32 Å². The zero-order valence-corrected chi connectivity index (χ0v) is 13.9. The van der Waals surface area contributed by atoms with Gasteiger partial charge in [-0.05, 0) is 25.8 Å². The highest BCUT2D eigenvalue weighted by Crippen LogP contribution is 2.30. The van der Waals surface area contributed by atoms with Crippen LogP contribution in [0.1, 0.15) is 44.7 Å². The second-order valence-electron chi connectivity index (χ2n) is 5.73. The van der Waals surface area contributed by atoms with Crippen LogP contribution in [-0.2, 0) is 11.0 Å². The van der Waals surface area contributed by atoms with Crippen molar-refractivity contribution in [3.05, 3.63) is 18.0 Å². The third-order valence-electron chi connectivity index (χ3n) is 3.86. The van der Waals surface area contributed by atoms with E-state index < -0.39 is 28.6 Å². The molecule has 0 radical (unpaired) electrons. The maximum atomic E-state index is 12.7. The van der Waals surface area contributed by atoms with Crippen molar-refractivity contribution in [2.75, 3.05) is 0 Å². The molecule has 1 N–H and O–H groups in total. The molecule has 1 heterocycles. The maximum Gasteiger partial charge on any atom is 0.433 e. The van der Waals surface area contributed by atoms with Gasteiger partial charge >= 0.3 is 6.18 Å². The maximum absolute atomic E-state index is 12.7. The number of amides is 1. The highest BCUT2D eigenvalue weighted by Gasteiger charge is 2.36. The van der Waals surface area contributed by atoms with Crippen LogP contribution in [-0.4, -0.2) is 26.7 Å². The molecule has 1 atom stereocenters. The van der Waals surface area contributed by atoms with E-state index in [9.17, 15) is 23.2 Å². The Bertz CT molecular complexity index is 638. The number of aromatic nitrogens is 2. The van der Waals surface area contributed by atoms with Gasteiger partial charge in [-0.25, -0.2) is 9.97 Å². The van der Waals surface area contributed by atoms with E-state index in [1.54, 1.807) is 6.92 Å². The summed E-state index contributed by atoms with van der Waals surface area (Å²) in [5.74, 6) is -0.399. The van der Waals surface area contributed by atoms with Crippen LogP contribution in [0.15, 0.2) is 17.4 Å². The molecule has 5 nitrogen and oxygen atoms in total. The molecule has 1 aromatic heterocycles. The van der Waals surface area contributed by atoms with Gasteiger partial charge in [0.2, 0.25) is 5.91 Å². The monoisotopic (exact) mass is 358 g/mol. The lowest BCUT2D eigenvalue weighted by molar-refractivity contribution is -0.141. The Balaban J connectivity index is 2.03. The molecular weight excluding hydrogens is 341 g/mol. The van der Waals surface area contributed by atoms with Crippen LogP contribution in [0.4, 0.5) is 13.2 Å². The van der Waals surface area contributed by atoms with Crippen molar-refractivity contribution in [3.63, 3.8) is 0 Å². The molecule has 1 aromatic rings. The van der Waals surface area contributed by atoms with Gasteiger partial charge in [-0.2, -0.15) is 18.4 Å². The zero-order valence-electron chi connectivity index (χ0n) is 13.1. The minimum Gasteiger partial charge on any atom is -0.337 e. The van der Waals surface area contributed by atoms with Crippen LogP contribution in [0.25, 0.3) is 0 Å². The number of thioether (sulfide) groups is 1. The van der Waals surface area contributed by atoms with E-state index in [0.717, 1.165) is 43.3 Å². The summed E-state index contributed by atoms with van der Waals surface area (Å²) in [6.45, 7) is 1.55. The lowest BCUT2D eigenvalue weighted by Crippen LogP contribution is -2.50. The third kappa shape index (κ3) is 4.60. The molecule has 1 aliphatic rings. The van der Waals surface area contributed by atoms with Gasteiger partial charge < -0.3 is 5.32 Å². The molecule has 1 aliphatic carbocycles. The first-order valence-electron chi connectivity index (χ1n) is 7.56. The van der Waals surface area contributed by atoms with Gasteiger partial charge in [0.25, 0.3) is 0 Å². The molecule has 1 fully saturated rings. The topological polar surface area (TPSA) is 78.7 Å². The molecular formula is C15H17F3N4OS. The molecule has 2 rings (SSSR count). The van der Waals surface area contributed by atoms with E-state index in [0.29, 0.717) is 12.8 Å². The van der Waals surface area contributed by atoms with Crippen LogP contribution in [0.3, 0.4) is 0 Å². The minimum absolute atomic E-state index is 0.123. The fourth-order valence-corrected chi connectivity index (χ4v) is 3.28. The number of carbonyl (C=O) groups excluding carboxylic acids is 1. The second-order valence-corrected chi connectivity index (χ2v) is 7.03. The average molecular weight is 358 g/mol. The molecule has 24 heavy (non-hydrogen) atoms. The van der Waals surface area contributed by atoms with Gasteiger partial charge in [0.15, 0.2) is 5.16 Å². The number of halogens is 3. The summed E-state index contributed by atoms with van der Waals surface area (Å²) in [5, 5.41) is 11.3. The first kappa shape index (κ1) is 18.5. The number of hydrogen-bond acceptors (Lipinski definition) is 5. The Kier molecular flexibility index (Phi) is 5.70. The van der Waals surface area contributed by atoms with E-state index in [2.05, 4.69) is 21.4 Å². The van der Waals surface area contributed by atoms with Crippen molar-refractivity contribution in [1.82, 2.24) is 15.3 Å². The van der Waals surface area contributed by atoms with Crippen molar-refractivity contribution in [2.24, 2.45) is 0 Å². The quantitative estimate of drug-likeness (QED) is 0.660. The van der Waals surface area contributed by atoms with E-state index in [1.807, 2.05) is 0 Å². The molecule has 0 spiro atoms. The lowest BCUT2D eigenvalue weighted by atomic mass is 9.83. The third-order valence-corrected chi connectivity index (χ3v) is 4.83. The number of alkyl halides is 3. The Morgan fingerprint density at radius 1 is 1.42 bits per heavy atom. The number of rotatable bonds is 4. The van der Waals surface area contributed by atoms with Crippen molar-refractivity contribution >= 4 is 17.7 Å².